The third-order valence-corrected chi connectivity index (χ3v) is 3.60. The number of ketones is 1. The van der Waals surface area contributed by atoms with Crippen LogP contribution in [0.15, 0.2) is 60.9 Å². The van der Waals surface area contributed by atoms with E-state index in [2.05, 4.69) is 15.5 Å². The normalized spacial score (nSPS) is 10.9. The van der Waals surface area contributed by atoms with Crippen molar-refractivity contribution in [2.24, 2.45) is 0 Å². The van der Waals surface area contributed by atoms with Gasteiger partial charge in [0.25, 0.3) is 0 Å². The van der Waals surface area contributed by atoms with Gasteiger partial charge in [-0.15, -0.1) is 5.10 Å². The van der Waals surface area contributed by atoms with Gasteiger partial charge in [0.05, 0.1) is 5.69 Å². The van der Waals surface area contributed by atoms with Crippen LogP contribution in [0.3, 0.4) is 0 Å². The first kappa shape index (κ1) is 15.6. The van der Waals surface area contributed by atoms with Crippen molar-refractivity contribution in [1.82, 2.24) is 20.2 Å². The van der Waals surface area contributed by atoms with Crippen molar-refractivity contribution in [3.63, 3.8) is 0 Å². The second-order valence-electron chi connectivity index (χ2n) is 5.48. The quantitative estimate of drug-likeness (QED) is 0.534. The van der Waals surface area contributed by atoms with Crippen molar-refractivity contribution in [3.8, 4) is 5.69 Å². The highest BCUT2D eigenvalue weighted by molar-refractivity contribution is 6.06. The van der Waals surface area contributed by atoms with Gasteiger partial charge in [-0.05, 0) is 58.5 Å². The lowest BCUT2D eigenvalue weighted by atomic mass is 10.1. The van der Waals surface area contributed by atoms with Gasteiger partial charge in [0.2, 0.25) is 0 Å². The van der Waals surface area contributed by atoms with Crippen LogP contribution < -0.4 is 4.90 Å². The number of rotatable bonds is 5. The lowest BCUT2D eigenvalue weighted by Crippen LogP contribution is -2.07. The number of nitrogens with zero attached hydrogens (tertiary/aromatic N) is 5. The van der Waals surface area contributed by atoms with Crippen LogP contribution in [0.5, 0.6) is 0 Å². The van der Waals surface area contributed by atoms with Crippen LogP contribution >= 0.6 is 0 Å². The number of benzene rings is 2. The van der Waals surface area contributed by atoms with Gasteiger partial charge in [-0.3, -0.25) is 4.79 Å². The van der Waals surface area contributed by atoms with Gasteiger partial charge in [0, 0.05) is 25.3 Å². The highest BCUT2D eigenvalue weighted by Crippen LogP contribution is 2.14. The zero-order valence-electron chi connectivity index (χ0n) is 13.5. The van der Waals surface area contributed by atoms with Gasteiger partial charge in [0.15, 0.2) is 5.78 Å². The van der Waals surface area contributed by atoms with Crippen LogP contribution in [0.25, 0.3) is 11.8 Å². The van der Waals surface area contributed by atoms with Crippen LogP contribution in [0.4, 0.5) is 5.69 Å². The summed E-state index contributed by atoms with van der Waals surface area (Å²) < 4.78 is 1.54. The van der Waals surface area contributed by atoms with Gasteiger partial charge >= 0.3 is 0 Å². The zero-order chi connectivity index (χ0) is 16.9. The Morgan fingerprint density at radius 2 is 1.75 bits per heavy atom. The minimum Gasteiger partial charge on any atom is -0.378 e. The summed E-state index contributed by atoms with van der Waals surface area (Å²) in [5, 5.41) is 11.0. The van der Waals surface area contributed by atoms with Crippen LogP contribution in [-0.2, 0) is 0 Å². The molecule has 0 amide bonds. The van der Waals surface area contributed by atoms with E-state index in [4.69, 9.17) is 0 Å². The number of tetrazole rings is 1. The monoisotopic (exact) mass is 319 g/mol. The average Bonchev–Trinajstić information content (AvgIpc) is 3.15. The molecule has 120 valence electrons. The van der Waals surface area contributed by atoms with Crippen molar-refractivity contribution in [1.29, 1.82) is 0 Å². The smallest absolute Gasteiger partial charge is 0.185 e. The van der Waals surface area contributed by atoms with Gasteiger partial charge in [0.1, 0.15) is 6.33 Å². The predicted molar refractivity (Wildman–Crippen MR) is 93.3 cm³/mol. The summed E-state index contributed by atoms with van der Waals surface area (Å²) >= 11 is 0. The molecule has 0 aliphatic heterocycles. The Labute approximate surface area is 140 Å². The summed E-state index contributed by atoms with van der Waals surface area (Å²) in [6, 6.07) is 15.2. The SMILES string of the molecule is CN(C)c1ccc(/C=C/C(=O)c2ccc(-n3cnnn3)cc2)cc1. The van der Waals surface area contributed by atoms with E-state index in [1.54, 1.807) is 18.2 Å². The molecule has 1 aromatic heterocycles. The largest absolute Gasteiger partial charge is 0.378 e. The molecule has 3 aromatic rings. The zero-order valence-corrected chi connectivity index (χ0v) is 13.5. The minimum absolute atomic E-state index is 0.0463. The second-order valence-corrected chi connectivity index (χ2v) is 5.48. The summed E-state index contributed by atoms with van der Waals surface area (Å²) in [5.41, 5.74) is 3.53. The highest BCUT2D eigenvalue weighted by atomic mass is 16.1. The topological polar surface area (TPSA) is 63.9 Å². The molecule has 6 nitrogen and oxygen atoms in total. The van der Waals surface area contributed by atoms with Crippen LogP contribution in [0, 0.1) is 0 Å². The molecule has 0 unspecified atom stereocenters. The maximum absolute atomic E-state index is 12.2. The van der Waals surface area contributed by atoms with Gasteiger partial charge in [-0.25, -0.2) is 4.68 Å². The molecule has 0 aliphatic carbocycles. The fourth-order valence-electron chi connectivity index (χ4n) is 2.21. The number of aromatic nitrogens is 4. The van der Waals surface area contributed by atoms with E-state index >= 15 is 0 Å². The molecule has 0 spiro atoms. The third kappa shape index (κ3) is 3.55. The Hall–Kier alpha value is -3.28. The summed E-state index contributed by atoms with van der Waals surface area (Å²) in [5.74, 6) is -0.0463. The molecule has 0 fully saturated rings. The maximum Gasteiger partial charge on any atom is 0.185 e. The summed E-state index contributed by atoms with van der Waals surface area (Å²) in [6.07, 6.45) is 4.90. The summed E-state index contributed by atoms with van der Waals surface area (Å²) in [4.78, 5) is 14.3. The van der Waals surface area contributed by atoms with E-state index < -0.39 is 0 Å². The summed E-state index contributed by atoms with van der Waals surface area (Å²) in [7, 11) is 3.99. The van der Waals surface area contributed by atoms with Gasteiger partial charge < -0.3 is 4.90 Å². The third-order valence-electron chi connectivity index (χ3n) is 3.60. The van der Waals surface area contributed by atoms with Crippen molar-refractivity contribution < 1.29 is 4.79 Å². The standard InChI is InChI=1S/C18H17N5O/c1-22(2)16-8-3-14(4-9-16)5-12-18(24)15-6-10-17(11-7-15)23-13-19-20-21-23/h3-13H,1-2H3/b12-5+. The minimum atomic E-state index is -0.0463. The fourth-order valence-corrected chi connectivity index (χ4v) is 2.21. The Kier molecular flexibility index (Phi) is 4.47. The fraction of sp³-hybridized carbons (Fsp3) is 0.111. The molecule has 0 aliphatic rings. The Bertz CT molecular complexity index is 834. The number of anilines is 1. The molecule has 2 aromatic carbocycles. The van der Waals surface area contributed by atoms with Crippen molar-refractivity contribution >= 4 is 17.5 Å². The Morgan fingerprint density at radius 1 is 1.04 bits per heavy atom. The molecular weight excluding hydrogens is 302 g/mol. The van der Waals surface area contributed by atoms with E-state index in [1.165, 1.54) is 11.0 Å². The highest BCUT2D eigenvalue weighted by Gasteiger charge is 2.03. The first-order valence-corrected chi connectivity index (χ1v) is 7.47. The molecule has 0 bridgehead atoms. The van der Waals surface area contributed by atoms with Crippen molar-refractivity contribution in [2.75, 3.05) is 19.0 Å². The first-order chi connectivity index (χ1) is 11.6. The number of allylic oxidation sites excluding steroid dienone is 1. The molecule has 1 heterocycles. The molecule has 0 saturated carbocycles. The molecule has 0 N–H and O–H groups in total. The molecule has 24 heavy (non-hydrogen) atoms. The summed E-state index contributed by atoms with van der Waals surface area (Å²) in [6.45, 7) is 0. The van der Waals surface area contributed by atoms with E-state index in [9.17, 15) is 4.79 Å². The molecular formula is C18H17N5O. The number of carbonyl (C=O) groups is 1. The van der Waals surface area contributed by atoms with E-state index in [-0.39, 0.29) is 5.78 Å². The number of carbonyl (C=O) groups excluding carboxylic acids is 1. The van der Waals surface area contributed by atoms with Gasteiger partial charge in [-0.2, -0.15) is 0 Å². The average molecular weight is 319 g/mol. The predicted octanol–water partition coefficient (Wildman–Crippen LogP) is 2.62. The lowest BCUT2D eigenvalue weighted by Gasteiger charge is -2.11. The van der Waals surface area contributed by atoms with E-state index in [0.29, 0.717) is 5.56 Å². The molecule has 0 atom stereocenters. The number of hydrogen-bond acceptors (Lipinski definition) is 5. The molecule has 6 heteroatoms. The Morgan fingerprint density at radius 3 is 2.33 bits per heavy atom. The van der Waals surface area contributed by atoms with E-state index in [1.807, 2.05) is 61.5 Å². The molecule has 0 saturated heterocycles. The molecule has 0 radical (unpaired) electrons. The van der Waals surface area contributed by atoms with Gasteiger partial charge in [-0.1, -0.05) is 18.2 Å². The maximum atomic E-state index is 12.2. The van der Waals surface area contributed by atoms with Crippen molar-refractivity contribution in [2.45, 2.75) is 0 Å². The lowest BCUT2D eigenvalue weighted by molar-refractivity contribution is 0.104. The molecule has 3 rings (SSSR count). The Balaban J connectivity index is 1.70. The van der Waals surface area contributed by atoms with E-state index in [0.717, 1.165) is 16.9 Å². The van der Waals surface area contributed by atoms with Crippen molar-refractivity contribution in [3.05, 3.63) is 72.1 Å². The second kappa shape index (κ2) is 6.87. The van der Waals surface area contributed by atoms with Crippen LogP contribution in [-0.4, -0.2) is 40.1 Å². The number of hydrogen-bond donors (Lipinski definition) is 0. The van der Waals surface area contributed by atoms with Crippen LogP contribution in [0.1, 0.15) is 15.9 Å². The first-order valence-electron chi connectivity index (χ1n) is 7.47. The van der Waals surface area contributed by atoms with Crippen LogP contribution in [0.2, 0.25) is 0 Å².